The summed E-state index contributed by atoms with van der Waals surface area (Å²) >= 11 is 0. The van der Waals surface area contributed by atoms with Crippen molar-refractivity contribution in [3.05, 3.63) is 66.6 Å². The van der Waals surface area contributed by atoms with Gasteiger partial charge in [-0.15, -0.1) is 0 Å². The quantitative estimate of drug-likeness (QED) is 0.336. The molecule has 4 aromatic rings. The number of hydrazone groups is 1. The first kappa shape index (κ1) is 20.3. The third kappa shape index (κ3) is 4.78. The first-order valence-electron chi connectivity index (χ1n) is 9.13. The summed E-state index contributed by atoms with van der Waals surface area (Å²) in [5, 5.41) is 9.34. The summed E-state index contributed by atoms with van der Waals surface area (Å²) in [7, 11) is -1.70. The van der Waals surface area contributed by atoms with Gasteiger partial charge in [0, 0.05) is 11.8 Å². The van der Waals surface area contributed by atoms with Crippen molar-refractivity contribution in [1.82, 2.24) is 19.7 Å². The fraction of sp³-hybridized carbons (Fsp3) is 0.100. The van der Waals surface area contributed by atoms with Crippen molar-refractivity contribution in [2.45, 2.75) is 0 Å². The summed E-state index contributed by atoms with van der Waals surface area (Å²) in [5.74, 6) is 1.22. The zero-order valence-electron chi connectivity index (χ0n) is 16.7. The number of nitrogens with one attached hydrogen (secondary N) is 2. The Bertz CT molecular complexity index is 1350. The minimum atomic E-state index is -3.31. The average molecular weight is 437 g/mol. The number of sulfonamides is 1. The SMILES string of the molecule is COc1cccc(-n2ncc3c(N/N=C/c4ccc(NS(C)(=O)=O)cc4)ncnc32)c1. The molecule has 0 aliphatic rings. The average Bonchev–Trinajstić information content (AvgIpc) is 3.19. The largest absolute Gasteiger partial charge is 0.497 e. The number of methoxy groups -OCH3 is 1. The molecule has 0 spiro atoms. The Morgan fingerprint density at radius 2 is 1.94 bits per heavy atom. The van der Waals surface area contributed by atoms with Crippen molar-refractivity contribution < 1.29 is 13.2 Å². The molecule has 0 amide bonds. The van der Waals surface area contributed by atoms with Gasteiger partial charge in [-0.3, -0.25) is 10.1 Å². The lowest BCUT2D eigenvalue weighted by atomic mass is 10.2. The van der Waals surface area contributed by atoms with Crippen LogP contribution in [0.4, 0.5) is 11.5 Å². The summed E-state index contributed by atoms with van der Waals surface area (Å²) in [5.41, 5.74) is 5.60. The van der Waals surface area contributed by atoms with Gasteiger partial charge in [0.1, 0.15) is 12.1 Å². The van der Waals surface area contributed by atoms with Crippen LogP contribution in [-0.2, 0) is 10.0 Å². The maximum absolute atomic E-state index is 11.3. The summed E-state index contributed by atoms with van der Waals surface area (Å²) in [4.78, 5) is 8.58. The van der Waals surface area contributed by atoms with Crippen LogP contribution in [0.3, 0.4) is 0 Å². The van der Waals surface area contributed by atoms with Crippen molar-refractivity contribution in [1.29, 1.82) is 0 Å². The van der Waals surface area contributed by atoms with Gasteiger partial charge < -0.3 is 4.74 Å². The molecule has 11 heteroatoms. The van der Waals surface area contributed by atoms with E-state index >= 15 is 0 Å². The molecule has 158 valence electrons. The molecule has 0 bridgehead atoms. The highest BCUT2D eigenvalue weighted by Gasteiger charge is 2.11. The van der Waals surface area contributed by atoms with E-state index < -0.39 is 10.0 Å². The van der Waals surface area contributed by atoms with Crippen molar-refractivity contribution in [3.63, 3.8) is 0 Å². The van der Waals surface area contributed by atoms with Gasteiger partial charge in [0.25, 0.3) is 0 Å². The number of benzene rings is 2. The minimum Gasteiger partial charge on any atom is -0.497 e. The fourth-order valence-electron chi connectivity index (χ4n) is 2.88. The smallest absolute Gasteiger partial charge is 0.229 e. The number of hydrogen-bond donors (Lipinski definition) is 2. The van der Waals surface area contributed by atoms with Gasteiger partial charge in [0.05, 0.1) is 36.9 Å². The van der Waals surface area contributed by atoms with Crippen LogP contribution in [0.15, 0.2) is 66.2 Å². The van der Waals surface area contributed by atoms with Gasteiger partial charge in [0.2, 0.25) is 10.0 Å². The number of aromatic nitrogens is 4. The topological polar surface area (TPSA) is 123 Å². The number of nitrogens with zero attached hydrogens (tertiary/aromatic N) is 5. The van der Waals surface area contributed by atoms with Crippen LogP contribution in [0, 0.1) is 0 Å². The highest BCUT2D eigenvalue weighted by molar-refractivity contribution is 7.92. The normalized spacial score (nSPS) is 11.7. The Hall–Kier alpha value is -3.99. The predicted molar refractivity (Wildman–Crippen MR) is 119 cm³/mol. The second-order valence-electron chi connectivity index (χ2n) is 6.58. The molecule has 0 saturated carbocycles. The zero-order valence-corrected chi connectivity index (χ0v) is 17.5. The number of rotatable bonds is 7. The van der Waals surface area contributed by atoms with Crippen LogP contribution in [0.1, 0.15) is 5.56 Å². The molecule has 0 radical (unpaired) electrons. The molecule has 31 heavy (non-hydrogen) atoms. The lowest BCUT2D eigenvalue weighted by Gasteiger charge is -2.06. The van der Waals surface area contributed by atoms with Crippen LogP contribution < -0.4 is 14.9 Å². The first-order valence-corrected chi connectivity index (χ1v) is 11.0. The summed E-state index contributed by atoms with van der Waals surface area (Å²) in [6.45, 7) is 0. The van der Waals surface area contributed by atoms with Gasteiger partial charge in [-0.1, -0.05) is 18.2 Å². The molecule has 4 rings (SSSR count). The van der Waals surface area contributed by atoms with Gasteiger partial charge in [-0.2, -0.15) is 10.2 Å². The van der Waals surface area contributed by atoms with Crippen molar-refractivity contribution in [2.75, 3.05) is 23.5 Å². The van der Waals surface area contributed by atoms with E-state index in [1.54, 1.807) is 48.5 Å². The third-order valence-electron chi connectivity index (χ3n) is 4.26. The number of anilines is 2. The van der Waals surface area contributed by atoms with Gasteiger partial charge in [-0.25, -0.2) is 23.1 Å². The molecule has 0 unspecified atom stereocenters. The Morgan fingerprint density at radius 3 is 2.68 bits per heavy atom. The van der Waals surface area contributed by atoms with Crippen LogP contribution in [0.2, 0.25) is 0 Å². The lowest BCUT2D eigenvalue weighted by molar-refractivity contribution is 0.414. The highest BCUT2D eigenvalue weighted by Crippen LogP contribution is 2.23. The molecular formula is C20H19N7O3S. The molecule has 0 atom stereocenters. The Balaban J connectivity index is 1.53. The molecule has 0 saturated heterocycles. The van der Waals surface area contributed by atoms with Crippen molar-refractivity contribution in [3.8, 4) is 11.4 Å². The van der Waals surface area contributed by atoms with E-state index in [0.29, 0.717) is 22.5 Å². The number of hydrogen-bond acceptors (Lipinski definition) is 8. The molecular weight excluding hydrogens is 418 g/mol. The maximum atomic E-state index is 11.3. The van der Waals surface area contributed by atoms with E-state index in [1.807, 2.05) is 24.3 Å². The molecule has 0 fully saturated rings. The van der Waals surface area contributed by atoms with E-state index in [1.165, 1.54) is 6.33 Å². The molecule has 2 aromatic heterocycles. The van der Waals surface area contributed by atoms with E-state index in [9.17, 15) is 8.42 Å². The maximum Gasteiger partial charge on any atom is 0.229 e. The Labute approximate surface area is 178 Å². The number of fused-ring (bicyclic) bond motifs is 1. The van der Waals surface area contributed by atoms with Crippen LogP contribution in [-0.4, -0.2) is 47.7 Å². The zero-order chi connectivity index (χ0) is 21.8. The first-order chi connectivity index (χ1) is 14.9. The summed E-state index contributed by atoms with van der Waals surface area (Å²) in [6, 6.07) is 14.3. The minimum absolute atomic E-state index is 0.482. The molecule has 2 heterocycles. The van der Waals surface area contributed by atoms with E-state index in [4.69, 9.17) is 4.74 Å². The summed E-state index contributed by atoms with van der Waals surface area (Å²) < 4.78 is 31.9. The molecule has 10 nitrogen and oxygen atoms in total. The van der Waals surface area contributed by atoms with Crippen molar-refractivity contribution in [2.24, 2.45) is 5.10 Å². The van der Waals surface area contributed by atoms with Crippen LogP contribution in [0.25, 0.3) is 16.7 Å². The Kier molecular flexibility index (Phi) is 5.50. The molecule has 0 aliphatic carbocycles. The highest BCUT2D eigenvalue weighted by atomic mass is 32.2. The second-order valence-corrected chi connectivity index (χ2v) is 8.33. The van der Waals surface area contributed by atoms with Gasteiger partial charge >= 0.3 is 0 Å². The monoisotopic (exact) mass is 437 g/mol. The second kappa shape index (κ2) is 8.40. The van der Waals surface area contributed by atoms with E-state index in [0.717, 1.165) is 23.3 Å². The standard InChI is InChI=1S/C20H19N7O3S/c1-30-17-5-3-4-16(10-17)27-20-18(12-24-27)19(21-13-22-20)25-23-11-14-6-8-15(9-7-14)26-31(2,28)29/h3-13,26H,1-2H3,(H,21,22,25)/b23-11+. The van der Waals surface area contributed by atoms with Crippen molar-refractivity contribution >= 4 is 38.8 Å². The van der Waals surface area contributed by atoms with E-state index in [-0.39, 0.29) is 0 Å². The Morgan fingerprint density at radius 1 is 1.13 bits per heavy atom. The van der Waals surface area contributed by atoms with Crippen LogP contribution in [0.5, 0.6) is 5.75 Å². The number of ether oxygens (including phenoxy) is 1. The van der Waals surface area contributed by atoms with E-state index in [2.05, 4.69) is 30.3 Å². The lowest BCUT2D eigenvalue weighted by Crippen LogP contribution is -2.09. The third-order valence-corrected chi connectivity index (χ3v) is 4.87. The molecule has 2 N–H and O–H groups in total. The predicted octanol–water partition coefficient (Wildman–Crippen LogP) is 2.64. The van der Waals surface area contributed by atoms with Gasteiger partial charge in [-0.05, 0) is 29.8 Å². The van der Waals surface area contributed by atoms with Crippen LogP contribution >= 0.6 is 0 Å². The molecule has 0 aliphatic heterocycles. The molecule has 2 aromatic carbocycles. The summed E-state index contributed by atoms with van der Waals surface area (Å²) in [6.07, 6.45) is 5.80. The fourth-order valence-corrected chi connectivity index (χ4v) is 3.45. The van der Waals surface area contributed by atoms with Gasteiger partial charge in [0.15, 0.2) is 11.5 Å².